The third-order valence-corrected chi connectivity index (χ3v) is 6.79. The van der Waals surface area contributed by atoms with Gasteiger partial charge in [-0.15, -0.1) is 0 Å². The molecule has 0 spiro atoms. The predicted octanol–water partition coefficient (Wildman–Crippen LogP) is 2.17. The molecule has 1 aliphatic rings. The van der Waals surface area contributed by atoms with Crippen LogP contribution in [0.2, 0.25) is 0 Å². The number of carbonyl (C=O) groups is 2. The fourth-order valence-electron chi connectivity index (χ4n) is 3.54. The van der Waals surface area contributed by atoms with Gasteiger partial charge in [-0.2, -0.15) is 0 Å². The van der Waals surface area contributed by atoms with Gasteiger partial charge in [0, 0.05) is 58.3 Å². The number of benzene rings is 2. The van der Waals surface area contributed by atoms with Crippen molar-refractivity contribution in [1.82, 2.24) is 14.5 Å². The number of piperazine rings is 1. The van der Waals surface area contributed by atoms with Gasteiger partial charge < -0.3 is 10.2 Å². The minimum atomic E-state index is -3.72. The normalized spacial score (nSPS) is 15.0. The van der Waals surface area contributed by atoms with Crippen molar-refractivity contribution in [3.05, 3.63) is 66.2 Å². The lowest BCUT2D eigenvalue weighted by atomic mass is 10.2. The fraction of sp³-hybridized carbons (Fsp3) is 0.333. The summed E-state index contributed by atoms with van der Waals surface area (Å²) in [6.45, 7) is 5.09. The molecule has 1 heterocycles. The predicted molar refractivity (Wildman–Crippen MR) is 129 cm³/mol. The zero-order valence-electron chi connectivity index (χ0n) is 18.7. The van der Waals surface area contributed by atoms with Gasteiger partial charge in [-0.3, -0.25) is 14.5 Å². The Balaban J connectivity index is 1.38. The van der Waals surface area contributed by atoms with E-state index in [0.29, 0.717) is 18.8 Å². The zero-order chi connectivity index (χ0) is 23.7. The van der Waals surface area contributed by atoms with Gasteiger partial charge in [0.15, 0.2) is 0 Å². The van der Waals surface area contributed by atoms with Crippen LogP contribution in [0.3, 0.4) is 0 Å². The summed E-state index contributed by atoms with van der Waals surface area (Å²) in [7, 11) is -3.72. The summed E-state index contributed by atoms with van der Waals surface area (Å²) in [6, 6.07) is 16.0. The lowest BCUT2D eigenvalue weighted by molar-refractivity contribution is -0.132. The first-order valence-electron chi connectivity index (χ1n) is 10.9. The summed E-state index contributed by atoms with van der Waals surface area (Å²) >= 11 is 0. The van der Waals surface area contributed by atoms with E-state index >= 15 is 0 Å². The number of carbonyl (C=O) groups excluding carboxylic acids is 2. The van der Waals surface area contributed by atoms with E-state index in [0.717, 1.165) is 25.2 Å². The Morgan fingerprint density at radius 1 is 0.970 bits per heavy atom. The molecule has 9 heteroatoms. The van der Waals surface area contributed by atoms with E-state index < -0.39 is 10.0 Å². The Morgan fingerprint density at radius 3 is 2.27 bits per heavy atom. The van der Waals surface area contributed by atoms with Crippen molar-refractivity contribution >= 4 is 33.6 Å². The Hall–Kier alpha value is -3.01. The maximum absolute atomic E-state index is 12.5. The second kappa shape index (κ2) is 11.7. The summed E-state index contributed by atoms with van der Waals surface area (Å²) < 4.78 is 27.3. The van der Waals surface area contributed by atoms with Crippen molar-refractivity contribution in [2.45, 2.75) is 18.2 Å². The zero-order valence-corrected chi connectivity index (χ0v) is 19.6. The smallest absolute Gasteiger partial charge is 0.240 e. The minimum Gasteiger partial charge on any atom is -0.340 e. The van der Waals surface area contributed by atoms with Crippen LogP contribution in [-0.4, -0.2) is 69.3 Å². The first-order valence-corrected chi connectivity index (χ1v) is 12.4. The average molecular weight is 471 g/mol. The van der Waals surface area contributed by atoms with E-state index in [-0.39, 0.29) is 29.7 Å². The molecule has 8 nitrogen and oxygen atoms in total. The van der Waals surface area contributed by atoms with Crippen molar-refractivity contribution in [2.75, 3.05) is 44.6 Å². The summed E-state index contributed by atoms with van der Waals surface area (Å²) in [4.78, 5) is 27.7. The molecule has 0 aliphatic carbocycles. The second-order valence-corrected chi connectivity index (χ2v) is 9.61. The average Bonchev–Trinajstić information content (AvgIpc) is 2.80. The van der Waals surface area contributed by atoms with Crippen molar-refractivity contribution in [3.63, 3.8) is 0 Å². The molecule has 1 aliphatic heterocycles. The van der Waals surface area contributed by atoms with E-state index in [1.54, 1.807) is 4.90 Å². The molecule has 176 valence electrons. The molecule has 2 aromatic rings. The number of sulfonamides is 1. The van der Waals surface area contributed by atoms with Crippen LogP contribution in [0.15, 0.2) is 65.6 Å². The van der Waals surface area contributed by atoms with Crippen LogP contribution in [0.1, 0.15) is 18.9 Å². The molecule has 0 atom stereocenters. The number of hydrogen-bond donors (Lipinski definition) is 2. The van der Waals surface area contributed by atoms with Gasteiger partial charge in [0.25, 0.3) is 0 Å². The van der Waals surface area contributed by atoms with Crippen LogP contribution >= 0.6 is 0 Å². The Labute approximate surface area is 195 Å². The lowest BCUT2D eigenvalue weighted by Crippen LogP contribution is -2.49. The molecule has 2 N–H and O–H groups in total. The molecule has 2 amide bonds. The number of nitrogens with one attached hydrogen (secondary N) is 2. The molecule has 33 heavy (non-hydrogen) atoms. The van der Waals surface area contributed by atoms with Gasteiger partial charge >= 0.3 is 0 Å². The van der Waals surface area contributed by atoms with Gasteiger partial charge in [-0.05, 0) is 29.8 Å². The van der Waals surface area contributed by atoms with E-state index in [1.165, 1.54) is 31.2 Å². The SMILES string of the molecule is CC(=O)Nc1ccc(S(=O)(=O)NCCC(=O)N2CCN(CC=Cc3ccccc3)CC2)cc1. The maximum atomic E-state index is 12.5. The molecule has 1 fully saturated rings. The number of rotatable bonds is 9. The van der Waals surface area contributed by atoms with Gasteiger partial charge in [-0.1, -0.05) is 42.5 Å². The second-order valence-electron chi connectivity index (χ2n) is 7.85. The van der Waals surface area contributed by atoms with Crippen LogP contribution in [-0.2, 0) is 19.6 Å². The van der Waals surface area contributed by atoms with Gasteiger partial charge in [-0.25, -0.2) is 13.1 Å². The highest BCUT2D eigenvalue weighted by Crippen LogP contribution is 2.14. The van der Waals surface area contributed by atoms with Crippen LogP contribution in [0.5, 0.6) is 0 Å². The van der Waals surface area contributed by atoms with Gasteiger partial charge in [0.05, 0.1) is 4.90 Å². The number of nitrogens with zero attached hydrogens (tertiary/aromatic N) is 2. The highest BCUT2D eigenvalue weighted by atomic mass is 32.2. The van der Waals surface area contributed by atoms with Crippen molar-refractivity contribution in [1.29, 1.82) is 0 Å². The molecule has 0 radical (unpaired) electrons. The summed E-state index contributed by atoms with van der Waals surface area (Å²) in [5.41, 5.74) is 1.68. The first kappa shape index (κ1) is 24.6. The quantitative estimate of drug-likeness (QED) is 0.585. The summed E-state index contributed by atoms with van der Waals surface area (Å²) in [5.74, 6) is -0.287. The molecule has 1 saturated heterocycles. The largest absolute Gasteiger partial charge is 0.340 e. The number of anilines is 1. The van der Waals surface area contributed by atoms with Crippen molar-refractivity contribution in [3.8, 4) is 0 Å². The van der Waals surface area contributed by atoms with Crippen LogP contribution in [0.25, 0.3) is 6.08 Å². The van der Waals surface area contributed by atoms with Crippen LogP contribution in [0.4, 0.5) is 5.69 Å². The van der Waals surface area contributed by atoms with Crippen molar-refractivity contribution in [2.24, 2.45) is 0 Å². The molecular formula is C24H30N4O4S. The maximum Gasteiger partial charge on any atom is 0.240 e. The first-order chi connectivity index (χ1) is 15.8. The third-order valence-electron chi connectivity index (χ3n) is 5.31. The van der Waals surface area contributed by atoms with E-state index in [1.807, 2.05) is 18.2 Å². The van der Waals surface area contributed by atoms with Crippen molar-refractivity contribution < 1.29 is 18.0 Å². The van der Waals surface area contributed by atoms with Gasteiger partial charge in [0.2, 0.25) is 21.8 Å². The molecule has 0 unspecified atom stereocenters. The number of amides is 2. The van der Waals surface area contributed by atoms with Crippen LogP contribution < -0.4 is 10.0 Å². The summed E-state index contributed by atoms with van der Waals surface area (Å²) in [6.07, 6.45) is 4.33. The molecule has 0 saturated carbocycles. The van der Waals surface area contributed by atoms with E-state index in [2.05, 4.69) is 39.2 Å². The topological polar surface area (TPSA) is 98.8 Å². The number of hydrogen-bond acceptors (Lipinski definition) is 5. The monoisotopic (exact) mass is 470 g/mol. The van der Waals surface area contributed by atoms with E-state index in [4.69, 9.17) is 0 Å². The lowest BCUT2D eigenvalue weighted by Gasteiger charge is -2.34. The van der Waals surface area contributed by atoms with E-state index in [9.17, 15) is 18.0 Å². The minimum absolute atomic E-state index is 0.0364. The Bertz CT molecular complexity index is 1060. The fourth-order valence-corrected chi connectivity index (χ4v) is 4.57. The Morgan fingerprint density at radius 2 is 1.64 bits per heavy atom. The van der Waals surface area contributed by atoms with Crippen LogP contribution in [0, 0.1) is 0 Å². The Kier molecular flexibility index (Phi) is 8.76. The molecule has 2 aromatic carbocycles. The van der Waals surface area contributed by atoms with Gasteiger partial charge in [0.1, 0.15) is 0 Å². The standard InChI is InChI=1S/C24H30N4O4S/c1-20(29)26-22-9-11-23(12-10-22)33(31,32)25-14-13-24(30)28-18-16-27(17-19-28)15-5-8-21-6-3-2-4-7-21/h2-12,25H,13-19H2,1H3,(H,26,29). The highest BCUT2D eigenvalue weighted by molar-refractivity contribution is 7.89. The molecule has 0 bridgehead atoms. The molecule has 0 aromatic heterocycles. The molecular weight excluding hydrogens is 440 g/mol. The summed E-state index contributed by atoms with van der Waals surface area (Å²) in [5, 5.41) is 2.59. The highest BCUT2D eigenvalue weighted by Gasteiger charge is 2.21. The third kappa shape index (κ3) is 7.81. The molecule has 3 rings (SSSR count).